The van der Waals surface area contributed by atoms with Gasteiger partial charge in [-0.3, -0.25) is 5.10 Å². The maximum absolute atomic E-state index is 12.0. The molecule has 0 bridgehead atoms. The summed E-state index contributed by atoms with van der Waals surface area (Å²) in [5, 5.41) is 6.14. The van der Waals surface area contributed by atoms with Crippen LogP contribution in [0.15, 0.2) is 47.6 Å². The van der Waals surface area contributed by atoms with Gasteiger partial charge in [-0.2, -0.15) is 5.10 Å². The predicted molar refractivity (Wildman–Crippen MR) is 73.2 cm³/mol. The highest BCUT2D eigenvalue weighted by molar-refractivity contribution is 7.89. The molecule has 0 aliphatic rings. The van der Waals surface area contributed by atoms with Gasteiger partial charge in [-0.1, -0.05) is 44.2 Å². The molecule has 2 rings (SSSR count). The first kappa shape index (κ1) is 13.8. The quantitative estimate of drug-likeness (QED) is 0.874. The van der Waals surface area contributed by atoms with Crippen molar-refractivity contribution in [3.8, 4) is 0 Å². The molecule has 0 saturated carbocycles. The fourth-order valence-corrected chi connectivity index (χ4v) is 2.85. The molecule has 6 heteroatoms. The zero-order valence-corrected chi connectivity index (χ0v) is 11.7. The van der Waals surface area contributed by atoms with E-state index < -0.39 is 10.0 Å². The summed E-state index contributed by atoms with van der Waals surface area (Å²) < 4.78 is 26.6. The summed E-state index contributed by atoms with van der Waals surface area (Å²) >= 11 is 0. The maximum atomic E-state index is 12.0. The number of nitrogens with zero attached hydrogens (tertiary/aromatic N) is 1. The van der Waals surface area contributed by atoms with Crippen molar-refractivity contribution in [3.63, 3.8) is 0 Å². The lowest BCUT2D eigenvalue weighted by atomic mass is 9.85. The molecule has 5 nitrogen and oxygen atoms in total. The minimum atomic E-state index is -3.50. The average Bonchev–Trinajstić information content (AvgIpc) is 2.93. The first-order valence-corrected chi connectivity index (χ1v) is 7.44. The van der Waals surface area contributed by atoms with E-state index in [1.54, 1.807) is 0 Å². The van der Waals surface area contributed by atoms with Gasteiger partial charge in [0, 0.05) is 18.2 Å². The lowest BCUT2D eigenvalue weighted by molar-refractivity contribution is 0.501. The van der Waals surface area contributed by atoms with Crippen LogP contribution in [-0.2, 0) is 15.4 Å². The van der Waals surface area contributed by atoms with Gasteiger partial charge < -0.3 is 0 Å². The highest BCUT2D eigenvalue weighted by Gasteiger charge is 2.24. The molecule has 0 atom stereocenters. The van der Waals surface area contributed by atoms with E-state index >= 15 is 0 Å². The zero-order chi connectivity index (χ0) is 13.9. The van der Waals surface area contributed by atoms with E-state index in [-0.39, 0.29) is 10.3 Å². The minimum Gasteiger partial charge on any atom is -0.284 e. The maximum Gasteiger partial charge on any atom is 0.243 e. The molecule has 1 heterocycles. The molecule has 0 aliphatic carbocycles. The summed E-state index contributed by atoms with van der Waals surface area (Å²) in [7, 11) is -3.50. The Morgan fingerprint density at radius 3 is 2.53 bits per heavy atom. The summed E-state index contributed by atoms with van der Waals surface area (Å²) in [6.07, 6.45) is 2.65. The van der Waals surface area contributed by atoms with Crippen LogP contribution >= 0.6 is 0 Å². The van der Waals surface area contributed by atoms with Crippen LogP contribution in [-0.4, -0.2) is 25.2 Å². The van der Waals surface area contributed by atoms with Gasteiger partial charge in [0.25, 0.3) is 0 Å². The van der Waals surface area contributed by atoms with Crippen LogP contribution in [0.3, 0.4) is 0 Å². The molecule has 1 aromatic heterocycles. The predicted octanol–water partition coefficient (Wildman–Crippen LogP) is 1.67. The Kier molecular flexibility index (Phi) is 3.73. The van der Waals surface area contributed by atoms with E-state index in [9.17, 15) is 8.42 Å². The SMILES string of the molecule is CC(C)(CNS(=O)(=O)c1cn[nH]c1)c1ccccc1. The van der Waals surface area contributed by atoms with Gasteiger partial charge in [0.15, 0.2) is 0 Å². The van der Waals surface area contributed by atoms with E-state index in [1.807, 2.05) is 44.2 Å². The summed E-state index contributed by atoms with van der Waals surface area (Å²) in [4.78, 5) is 0.149. The summed E-state index contributed by atoms with van der Waals surface area (Å²) in [6, 6.07) is 9.82. The van der Waals surface area contributed by atoms with Crippen LogP contribution in [0.2, 0.25) is 0 Å². The highest BCUT2D eigenvalue weighted by Crippen LogP contribution is 2.22. The third-order valence-corrected chi connectivity index (χ3v) is 4.41. The zero-order valence-electron chi connectivity index (χ0n) is 10.9. The molecule has 0 amide bonds. The van der Waals surface area contributed by atoms with Crippen molar-refractivity contribution < 1.29 is 8.42 Å². The Balaban J connectivity index is 2.11. The Hall–Kier alpha value is -1.66. The highest BCUT2D eigenvalue weighted by atomic mass is 32.2. The Labute approximate surface area is 113 Å². The van der Waals surface area contributed by atoms with Crippen molar-refractivity contribution >= 4 is 10.0 Å². The van der Waals surface area contributed by atoms with Crippen LogP contribution in [0.1, 0.15) is 19.4 Å². The van der Waals surface area contributed by atoms with E-state index in [2.05, 4.69) is 14.9 Å². The number of aromatic nitrogens is 2. The largest absolute Gasteiger partial charge is 0.284 e. The van der Waals surface area contributed by atoms with Crippen molar-refractivity contribution in [3.05, 3.63) is 48.3 Å². The molecular weight excluding hydrogens is 262 g/mol. The topological polar surface area (TPSA) is 74.8 Å². The lowest BCUT2D eigenvalue weighted by Crippen LogP contribution is -2.36. The fourth-order valence-electron chi connectivity index (χ4n) is 1.74. The molecule has 0 spiro atoms. The minimum absolute atomic E-state index is 0.149. The van der Waals surface area contributed by atoms with E-state index in [4.69, 9.17) is 0 Å². The van der Waals surface area contributed by atoms with E-state index in [0.717, 1.165) is 5.56 Å². The number of hydrogen-bond acceptors (Lipinski definition) is 3. The number of benzene rings is 1. The number of hydrogen-bond donors (Lipinski definition) is 2. The molecule has 19 heavy (non-hydrogen) atoms. The van der Waals surface area contributed by atoms with Crippen molar-refractivity contribution in [1.82, 2.24) is 14.9 Å². The smallest absolute Gasteiger partial charge is 0.243 e. The van der Waals surface area contributed by atoms with Crippen LogP contribution in [0.25, 0.3) is 0 Å². The second-order valence-corrected chi connectivity index (χ2v) is 6.78. The van der Waals surface area contributed by atoms with Crippen LogP contribution in [0.5, 0.6) is 0 Å². The second kappa shape index (κ2) is 5.14. The lowest BCUT2D eigenvalue weighted by Gasteiger charge is -2.25. The second-order valence-electron chi connectivity index (χ2n) is 5.01. The summed E-state index contributed by atoms with van der Waals surface area (Å²) in [6.45, 7) is 4.32. The molecule has 0 radical (unpaired) electrons. The molecule has 1 aromatic carbocycles. The first-order chi connectivity index (χ1) is 8.92. The Morgan fingerprint density at radius 2 is 1.95 bits per heavy atom. The fraction of sp³-hybridized carbons (Fsp3) is 0.308. The van der Waals surface area contributed by atoms with Crippen molar-refractivity contribution in [1.29, 1.82) is 0 Å². The average molecular weight is 279 g/mol. The monoisotopic (exact) mass is 279 g/mol. The summed E-state index contributed by atoms with van der Waals surface area (Å²) in [5.41, 5.74) is 0.808. The Morgan fingerprint density at radius 1 is 1.26 bits per heavy atom. The molecule has 0 unspecified atom stereocenters. The molecule has 2 aromatic rings. The molecule has 2 N–H and O–H groups in total. The van der Waals surface area contributed by atoms with Gasteiger partial charge in [0.05, 0.1) is 6.20 Å². The van der Waals surface area contributed by atoms with Gasteiger partial charge >= 0.3 is 0 Å². The van der Waals surface area contributed by atoms with Gasteiger partial charge in [-0.25, -0.2) is 13.1 Å². The molecule has 102 valence electrons. The number of rotatable bonds is 5. The molecular formula is C13H17N3O2S. The van der Waals surface area contributed by atoms with Crippen molar-refractivity contribution in [2.24, 2.45) is 0 Å². The number of nitrogens with one attached hydrogen (secondary N) is 2. The van der Waals surface area contributed by atoms with Gasteiger partial charge in [-0.05, 0) is 5.56 Å². The number of sulfonamides is 1. The van der Waals surface area contributed by atoms with E-state index in [1.165, 1.54) is 12.4 Å². The normalized spacial score (nSPS) is 12.5. The standard InChI is InChI=1S/C13H17N3O2S/c1-13(2,11-6-4-3-5-7-11)10-16-19(17,18)12-8-14-15-9-12/h3-9,16H,10H2,1-2H3,(H,14,15). The van der Waals surface area contributed by atoms with Crippen molar-refractivity contribution in [2.45, 2.75) is 24.2 Å². The number of aromatic amines is 1. The van der Waals surface area contributed by atoms with Gasteiger partial charge in [0.2, 0.25) is 10.0 Å². The van der Waals surface area contributed by atoms with Crippen LogP contribution in [0, 0.1) is 0 Å². The van der Waals surface area contributed by atoms with Gasteiger partial charge in [-0.15, -0.1) is 0 Å². The third-order valence-electron chi connectivity index (χ3n) is 3.04. The Bertz CT molecular complexity index is 619. The molecule has 0 saturated heterocycles. The summed E-state index contributed by atoms with van der Waals surface area (Å²) in [5.74, 6) is 0. The number of H-pyrrole nitrogens is 1. The first-order valence-electron chi connectivity index (χ1n) is 5.96. The van der Waals surface area contributed by atoms with Gasteiger partial charge in [0.1, 0.15) is 4.90 Å². The molecule has 0 fully saturated rings. The van der Waals surface area contributed by atoms with E-state index in [0.29, 0.717) is 6.54 Å². The van der Waals surface area contributed by atoms with Crippen LogP contribution in [0.4, 0.5) is 0 Å². The third kappa shape index (κ3) is 3.21. The van der Waals surface area contributed by atoms with Crippen LogP contribution < -0.4 is 4.72 Å². The van der Waals surface area contributed by atoms with Crippen molar-refractivity contribution in [2.75, 3.05) is 6.54 Å². The molecule has 0 aliphatic heterocycles.